The number of carboxylic acid groups (broad SMARTS) is 1. The van der Waals surface area contributed by atoms with E-state index in [9.17, 15) is 14.0 Å². The molecular formula is C15H15FN2O3S. The van der Waals surface area contributed by atoms with E-state index in [-0.39, 0.29) is 6.42 Å². The predicted molar refractivity (Wildman–Crippen MR) is 80.4 cm³/mol. The number of hydrogen-bond donors (Lipinski definition) is 2. The normalized spacial score (nSPS) is 12.0. The largest absolute Gasteiger partial charge is 0.481 e. The summed E-state index contributed by atoms with van der Waals surface area (Å²) in [5.74, 6) is -1.91. The molecule has 1 unspecified atom stereocenters. The Balaban J connectivity index is 2.23. The van der Waals surface area contributed by atoms with Gasteiger partial charge in [0.25, 0.3) is 5.91 Å². The lowest BCUT2D eigenvalue weighted by molar-refractivity contribution is -0.137. The van der Waals surface area contributed by atoms with Crippen LogP contribution in [0.5, 0.6) is 0 Å². The number of carboxylic acids is 1. The number of nitrogens with zero attached hydrogens (tertiary/aromatic N) is 1. The van der Waals surface area contributed by atoms with Crippen molar-refractivity contribution in [1.82, 2.24) is 10.3 Å². The highest BCUT2D eigenvalue weighted by Crippen LogP contribution is 2.21. The maximum Gasteiger partial charge on any atom is 0.305 e. The Morgan fingerprint density at radius 3 is 2.45 bits per heavy atom. The zero-order valence-corrected chi connectivity index (χ0v) is 12.9. The average Bonchev–Trinajstić information content (AvgIpc) is 2.77. The monoisotopic (exact) mass is 322 g/mol. The Hall–Kier alpha value is -2.28. The first-order chi connectivity index (χ1) is 10.4. The number of hydrogen-bond acceptors (Lipinski definition) is 4. The van der Waals surface area contributed by atoms with E-state index in [4.69, 9.17) is 5.11 Å². The molecule has 2 N–H and O–H groups in total. The summed E-state index contributed by atoms with van der Waals surface area (Å²) in [5.41, 5.74) is 0.821. The maximum absolute atomic E-state index is 13.0. The molecule has 0 spiro atoms. The first-order valence-corrected chi connectivity index (χ1v) is 7.40. The molecular weight excluding hydrogens is 307 g/mol. The predicted octanol–water partition coefficient (Wildman–Crippen LogP) is 2.84. The van der Waals surface area contributed by atoms with Crippen LogP contribution in [-0.4, -0.2) is 22.0 Å². The number of aromatic nitrogens is 1. The summed E-state index contributed by atoms with van der Waals surface area (Å²) < 4.78 is 13.0. The maximum atomic E-state index is 13.0. The van der Waals surface area contributed by atoms with E-state index in [0.717, 1.165) is 9.88 Å². The van der Waals surface area contributed by atoms with Crippen LogP contribution < -0.4 is 5.32 Å². The molecule has 116 valence electrons. The highest BCUT2D eigenvalue weighted by molar-refractivity contribution is 7.11. The van der Waals surface area contributed by atoms with Crippen molar-refractivity contribution in [2.45, 2.75) is 26.3 Å². The summed E-state index contributed by atoms with van der Waals surface area (Å²) in [6, 6.07) is 4.64. The number of thiazole rings is 1. The fourth-order valence-corrected chi connectivity index (χ4v) is 2.90. The average molecular weight is 322 g/mol. The van der Waals surface area contributed by atoms with Gasteiger partial charge in [-0.25, -0.2) is 9.37 Å². The number of nitrogens with one attached hydrogen (secondary N) is 1. The van der Waals surface area contributed by atoms with Gasteiger partial charge < -0.3 is 10.4 Å². The van der Waals surface area contributed by atoms with Crippen molar-refractivity contribution in [3.8, 4) is 0 Å². The minimum atomic E-state index is -1.05. The van der Waals surface area contributed by atoms with Crippen LogP contribution >= 0.6 is 11.3 Å². The second-order valence-corrected chi connectivity index (χ2v) is 6.22. The minimum Gasteiger partial charge on any atom is -0.481 e. The molecule has 0 radical (unpaired) electrons. The lowest BCUT2D eigenvalue weighted by Gasteiger charge is -2.17. The summed E-state index contributed by atoms with van der Waals surface area (Å²) >= 11 is 1.40. The van der Waals surface area contributed by atoms with Crippen LogP contribution in [0.25, 0.3) is 0 Å². The van der Waals surface area contributed by atoms with E-state index < -0.39 is 23.7 Å². The molecule has 0 saturated carbocycles. The molecule has 0 saturated heterocycles. The minimum absolute atomic E-state index is 0.292. The molecule has 1 heterocycles. The Bertz CT molecular complexity index is 697. The van der Waals surface area contributed by atoms with Crippen LogP contribution in [0, 0.1) is 19.7 Å². The van der Waals surface area contributed by atoms with E-state index >= 15 is 0 Å². The van der Waals surface area contributed by atoms with E-state index in [1.807, 2.05) is 0 Å². The molecule has 0 fully saturated rings. The highest BCUT2D eigenvalue weighted by atomic mass is 32.1. The molecule has 2 rings (SSSR count). The zero-order chi connectivity index (χ0) is 16.3. The van der Waals surface area contributed by atoms with E-state index in [0.29, 0.717) is 11.3 Å². The first-order valence-electron chi connectivity index (χ1n) is 6.59. The van der Waals surface area contributed by atoms with Crippen molar-refractivity contribution in [3.05, 3.63) is 51.2 Å². The van der Waals surface area contributed by atoms with Gasteiger partial charge in [0.05, 0.1) is 17.5 Å². The lowest BCUT2D eigenvalue weighted by atomic mass is 10.0. The van der Waals surface area contributed by atoms with Crippen LogP contribution in [-0.2, 0) is 4.79 Å². The number of aliphatic carboxylic acids is 1. The van der Waals surface area contributed by atoms with E-state index in [1.165, 1.54) is 35.6 Å². The van der Waals surface area contributed by atoms with Gasteiger partial charge in [0.1, 0.15) is 11.5 Å². The highest BCUT2D eigenvalue weighted by Gasteiger charge is 2.21. The van der Waals surface area contributed by atoms with Crippen LogP contribution in [0.3, 0.4) is 0 Å². The van der Waals surface area contributed by atoms with Crippen molar-refractivity contribution in [2.75, 3.05) is 0 Å². The smallest absolute Gasteiger partial charge is 0.305 e. The van der Waals surface area contributed by atoms with Crippen LogP contribution in [0.4, 0.5) is 4.39 Å². The summed E-state index contributed by atoms with van der Waals surface area (Å²) in [7, 11) is 0. The van der Waals surface area contributed by atoms with E-state index in [2.05, 4.69) is 10.3 Å². The third-order valence-corrected chi connectivity index (χ3v) is 3.96. The Morgan fingerprint density at radius 2 is 1.95 bits per heavy atom. The van der Waals surface area contributed by atoms with E-state index in [1.54, 1.807) is 13.8 Å². The van der Waals surface area contributed by atoms with Crippen molar-refractivity contribution in [1.29, 1.82) is 0 Å². The number of carbonyl (C=O) groups is 2. The second kappa shape index (κ2) is 6.65. The zero-order valence-electron chi connectivity index (χ0n) is 12.1. The van der Waals surface area contributed by atoms with Gasteiger partial charge in [-0.05, 0) is 31.5 Å². The molecule has 1 aromatic heterocycles. The standard InChI is InChI=1S/C15H15FN2O3S/c1-8-14(17-9(2)22-8)15(21)18-12(7-13(19)20)10-3-5-11(16)6-4-10/h3-6,12H,7H2,1-2H3,(H,18,21)(H,19,20). The van der Waals surface area contributed by atoms with Gasteiger partial charge >= 0.3 is 5.97 Å². The van der Waals surface area contributed by atoms with Crippen molar-refractivity contribution >= 4 is 23.2 Å². The van der Waals surface area contributed by atoms with Crippen LogP contribution in [0.2, 0.25) is 0 Å². The van der Waals surface area contributed by atoms with Gasteiger partial charge in [0.15, 0.2) is 0 Å². The van der Waals surface area contributed by atoms with Gasteiger partial charge in [-0.1, -0.05) is 12.1 Å². The fraction of sp³-hybridized carbons (Fsp3) is 0.267. The first kappa shape index (κ1) is 16.1. The quantitative estimate of drug-likeness (QED) is 0.887. The Morgan fingerprint density at radius 1 is 1.32 bits per heavy atom. The topological polar surface area (TPSA) is 79.3 Å². The van der Waals surface area contributed by atoms with Gasteiger partial charge in [0.2, 0.25) is 0 Å². The number of benzene rings is 1. The number of aryl methyl sites for hydroxylation is 2. The molecule has 1 atom stereocenters. The molecule has 5 nitrogen and oxygen atoms in total. The number of amides is 1. The molecule has 0 aliphatic carbocycles. The van der Waals surface area contributed by atoms with Gasteiger partial charge in [-0.15, -0.1) is 11.3 Å². The molecule has 2 aromatic rings. The molecule has 0 aliphatic rings. The summed E-state index contributed by atoms with van der Waals surface area (Å²) in [6.45, 7) is 3.58. The van der Waals surface area contributed by atoms with Gasteiger partial charge in [0, 0.05) is 4.88 Å². The number of carbonyl (C=O) groups excluding carboxylic acids is 1. The van der Waals surface area contributed by atoms with Crippen LogP contribution in [0.1, 0.15) is 38.4 Å². The van der Waals surface area contributed by atoms with Crippen LogP contribution in [0.15, 0.2) is 24.3 Å². The Labute approximate surface area is 130 Å². The molecule has 7 heteroatoms. The molecule has 1 aromatic carbocycles. The molecule has 0 bridgehead atoms. The third kappa shape index (κ3) is 3.88. The SMILES string of the molecule is Cc1nc(C(=O)NC(CC(=O)O)c2ccc(F)cc2)c(C)s1. The van der Waals surface area contributed by atoms with Gasteiger partial charge in [-0.3, -0.25) is 9.59 Å². The number of halogens is 1. The third-order valence-electron chi connectivity index (χ3n) is 3.08. The van der Waals surface area contributed by atoms with Crippen molar-refractivity contribution in [2.24, 2.45) is 0 Å². The van der Waals surface area contributed by atoms with Crippen molar-refractivity contribution < 1.29 is 19.1 Å². The van der Waals surface area contributed by atoms with Crippen molar-refractivity contribution in [3.63, 3.8) is 0 Å². The second-order valence-electron chi connectivity index (χ2n) is 4.81. The molecule has 0 aliphatic heterocycles. The fourth-order valence-electron chi connectivity index (χ4n) is 2.09. The summed E-state index contributed by atoms with van der Waals surface area (Å²) in [6.07, 6.45) is -0.292. The summed E-state index contributed by atoms with van der Waals surface area (Å²) in [4.78, 5) is 28.2. The van der Waals surface area contributed by atoms with Gasteiger partial charge in [-0.2, -0.15) is 0 Å². The number of rotatable bonds is 5. The Kier molecular flexibility index (Phi) is 4.87. The molecule has 22 heavy (non-hydrogen) atoms. The summed E-state index contributed by atoms with van der Waals surface area (Å²) in [5, 5.41) is 12.4. The lowest BCUT2D eigenvalue weighted by Crippen LogP contribution is -2.30. The molecule has 1 amide bonds.